The number of hydrogen-bond donors (Lipinski definition) is 1. The van der Waals surface area contributed by atoms with Gasteiger partial charge in [-0.25, -0.2) is 5.01 Å². The third-order valence-corrected chi connectivity index (χ3v) is 4.81. The highest BCUT2D eigenvalue weighted by molar-refractivity contribution is 5.97. The lowest BCUT2D eigenvalue weighted by Crippen LogP contribution is -2.36. The number of alkyl halides is 3. The van der Waals surface area contributed by atoms with Gasteiger partial charge in [0.25, 0.3) is 5.91 Å². The van der Waals surface area contributed by atoms with E-state index in [1.165, 1.54) is 29.3 Å². The molecule has 0 spiro atoms. The zero-order valence-corrected chi connectivity index (χ0v) is 16.0. The SMILES string of the molecule is CC(C(C(=O)O)c1ccc(CN2N=C(c3ccccc3)OCC2=O)cc1)C(F)(F)F. The molecule has 3 rings (SSSR count). The molecule has 2 aromatic carbocycles. The Morgan fingerprint density at radius 3 is 2.37 bits per heavy atom. The molecule has 1 amide bonds. The van der Waals surface area contributed by atoms with E-state index in [4.69, 9.17) is 4.74 Å². The van der Waals surface area contributed by atoms with Crippen molar-refractivity contribution in [2.24, 2.45) is 11.0 Å². The minimum atomic E-state index is -4.63. The molecule has 0 saturated carbocycles. The van der Waals surface area contributed by atoms with Gasteiger partial charge < -0.3 is 9.84 Å². The van der Waals surface area contributed by atoms with Crippen LogP contribution in [0, 0.1) is 5.92 Å². The number of amides is 1. The minimum Gasteiger partial charge on any atom is -0.481 e. The fourth-order valence-corrected chi connectivity index (χ4v) is 3.08. The second-order valence-electron chi connectivity index (χ2n) is 6.90. The van der Waals surface area contributed by atoms with Crippen molar-refractivity contribution in [1.82, 2.24) is 5.01 Å². The third-order valence-electron chi connectivity index (χ3n) is 4.81. The van der Waals surface area contributed by atoms with Crippen LogP contribution in [0.1, 0.15) is 29.5 Å². The maximum Gasteiger partial charge on any atom is 0.392 e. The largest absolute Gasteiger partial charge is 0.481 e. The fourth-order valence-electron chi connectivity index (χ4n) is 3.08. The molecule has 2 atom stereocenters. The number of benzene rings is 2. The van der Waals surface area contributed by atoms with Gasteiger partial charge in [0.2, 0.25) is 5.90 Å². The number of halogens is 3. The number of carbonyl (C=O) groups excluding carboxylic acids is 1. The number of carboxylic acids is 1. The molecule has 9 heteroatoms. The molecular weight excluding hydrogens is 401 g/mol. The van der Waals surface area contributed by atoms with Gasteiger partial charge in [-0.05, 0) is 23.3 Å². The van der Waals surface area contributed by atoms with Crippen LogP contribution >= 0.6 is 0 Å². The zero-order chi connectivity index (χ0) is 21.9. The molecule has 158 valence electrons. The Morgan fingerprint density at radius 2 is 1.80 bits per heavy atom. The highest BCUT2D eigenvalue weighted by Crippen LogP contribution is 2.37. The summed E-state index contributed by atoms with van der Waals surface area (Å²) in [6.45, 7) is 0.736. The number of hydrogen-bond acceptors (Lipinski definition) is 4. The standard InChI is InChI=1S/C21H19F3N2O4/c1-13(21(22,23)24)18(20(28)29)15-9-7-14(8-10-15)11-26-17(27)12-30-19(25-26)16-5-3-2-4-6-16/h2-10,13,18H,11-12H2,1H3,(H,28,29). The molecule has 6 nitrogen and oxygen atoms in total. The van der Waals surface area contributed by atoms with Crippen molar-refractivity contribution >= 4 is 17.8 Å². The van der Waals surface area contributed by atoms with E-state index >= 15 is 0 Å². The predicted molar refractivity (Wildman–Crippen MR) is 102 cm³/mol. The lowest BCUT2D eigenvalue weighted by Gasteiger charge is -2.25. The molecule has 1 aliphatic rings. The van der Waals surface area contributed by atoms with Crippen LogP contribution in [0.15, 0.2) is 59.7 Å². The van der Waals surface area contributed by atoms with E-state index in [-0.39, 0.29) is 30.5 Å². The van der Waals surface area contributed by atoms with Gasteiger partial charge in [-0.1, -0.05) is 49.4 Å². The Bertz CT molecular complexity index is 943. The summed E-state index contributed by atoms with van der Waals surface area (Å²) in [4.78, 5) is 23.5. The molecule has 0 bridgehead atoms. The predicted octanol–water partition coefficient (Wildman–Crippen LogP) is 3.77. The number of carbonyl (C=O) groups is 2. The molecule has 2 unspecified atom stereocenters. The van der Waals surface area contributed by atoms with E-state index in [0.717, 1.165) is 6.92 Å². The molecule has 1 N–H and O–H groups in total. The van der Waals surface area contributed by atoms with Gasteiger partial charge in [0.1, 0.15) is 0 Å². The summed E-state index contributed by atoms with van der Waals surface area (Å²) in [5.74, 6) is -5.39. The summed E-state index contributed by atoms with van der Waals surface area (Å²) in [6.07, 6.45) is -4.63. The fraction of sp³-hybridized carbons (Fsp3) is 0.286. The summed E-state index contributed by atoms with van der Waals surface area (Å²) in [5.41, 5.74) is 1.34. The monoisotopic (exact) mass is 420 g/mol. The lowest BCUT2D eigenvalue weighted by atomic mass is 9.86. The first-order valence-electron chi connectivity index (χ1n) is 9.12. The van der Waals surface area contributed by atoms with Gasteiger partial charge >= 0.3 is 12.1 Å². The maximum absolute atomic E-state index is 13.0. The van der Waals surface area contributed by atoms with E-state index in [2.05, 4.69) is 5.10 Å². The highest BCUT2D eigenvalue weighted by atomic mass is 19.4. The van der Waals surface area contributed by atoms with Crippen LogP contribution in [0.2, 0.25) is 0 Å². The van der Waals surface area contributed by atoms with E-state index in [0.29, 0.717) is 11.1 Å². The molecule has 0 aliphatic carbocycles. The van der Waals surface area contributed by atoms with Crippen molar-refractivity contribution in [2.75, 3.05) is 6.61 Å². The summed E-state index contributed by atoms with van der Waals surface area (Å²) >= 11 is 0. The Kier molecular flexibility index (Phi) is 6.09. The topological polar surface area (TPSA) is 79.2 Å². The molecule has 0 aromatic heterocycles. The highest BCUT2D eigenvalue weighted by Gasteiger charge is 2.45. The van der Waals surface area contributed by atoms with Crippen LogP contribution in [0.3, 0.4) is 0 Å². The van der Waals surface area contributed by atoms with Crippen LogP contribution in [0.5, 0.6) is 0 Å². The first kappa shape index (κ1) is 21.4. The van der Waals surface area contributed by atoms with Crippen LogP contribution in [0.25, 0.3) is 0 Å². The Hall–Kier alpha value is -3.36. The number of ether oxygens (including phenoxy) is 1. The maximum atomic E-state index is 13.0. The quantitative estimate of drug-likeness (QED) is 0.772. The van der Waals surface area contributed by atoms with Crippen molar-refractivity contribution < 1.29 is 32.6 Å². The van der Waals surface area contributed by atoms with Crippen molar-refractivity contribution in [1.29, 1.82) is 0 Å². The van der Waals surface area contributed by atoms with Crippen LogP contribution in [-0.2, 0) is 20.9 Å². The average Bonchev–Trinajstić information content (AvgIpc) is 2.71. The molecule has 30 heavy (non-hydrogen) atoms. The van der Waals surface area contributed by atoms with Crippen LogP contribution in [-0.4, -0.2) is 40.7 Å². The Labute approximate surface area is 170 Å². The van der Waals surface area contributed by atoms with Gasteiger partial charge in [0.05, 0.1) is 18.4 Å². The second kappa shape index (κ2) is 8.56. The molecule has 1 aliphatic heterocycles. The van der Waals surface area contributed by atoms with Gasteiger partial charge in [-0.15, -0.1) is 5.10 Å². The normalized spacial score (nSPS) is 16.5. The summed E-state index contributed by atoms with van der Waals surface area (Å²) in [5, 5.41) is 14.7. The van der Waals surface area contributed by atoms with Crippen LogP contribution < -0.4 is 0 Å². The molecule has 0 fully saturated rings. The van der Waals surface area contributed by atoms with Crippen molar-refractivity contribution in [2.45, 2.75) is 25.6 Å². The summed E-state index contributed by atoms with van der Waals surface area (Å²) in [7, 11) is 0. The van der Waals surface area contributed by atoms with E-state index in [1.54, 1.807) is 12.1 Å². The first-order chi connectivity index (χ1) is 14.2. The number of carboxylic acid groups (broad SMARTS) is 1. The summed E-state index contributed by atoms with van der Waals surface area (Å²) in [6, 6.07) is 14.7. The third kappa shape index (κ3) is 4.79. The molecular formula is C21H19F3N2O4. The lowest BCUT2D eigenvalue weighted by molar-refractivity contribution is -0.183. The smallest absolute Gasteiger partial charge is 0.392 e. The summed E-state index contributed by atoms with van der Waals surface area (Å²) < 4.78 is 44.4. The Morgan fingerprint density at radius 1 is 1.17 bits per heavy atom. The first-order valence-corrected chi connectivity index (χ1v) is 9.12. The van der Waals surface area contributed by atoms with Crippen LogP contribution in [0.4, 0.5) is 13.2 Å². The van der Waals surface area contributed by atoms with Crippen molar-refractivity contribution in [3.63, 3.8) is 0 Å². The average molecular weight is 420 g/mol. The second-order valence-corrected chi connectivity index (χ2v) is 6.90. The van der Waals surface area contributed by atoms with E-state index in [9.17, 15) is 27.9 Å². The van der Waals surface area contributed by atoms with Gasteiger partial charge in [-0.2, -0.15) is 13.2 Å². The van der Waals surface area contributed by atoms with Gasteiger partial charge in [0, 0.05) is 5.56 Å². The Balaban J connectivity index is 1.79. The van der Waals surface area contributed by atoms with Crippen molar-refractivity contribution in [3.8, 4) is 0 Å². The number of aliphatic carboxylic acids is 1. The van der Waals surface area contributed by atoms with E-state index in [1.807, 2.05) is 18.2 Å². The van der Waals surface area contributed by atoms with E-state index < -0.39 is 24.0 Å². The molecule has 0 radical (unpaired) electrons. The number of nitrogens with zero attached hydrogens (tertiary/aromatic N) is 2. The molecule has 0 saturated heterocycles. The minimum absolute atomic E-state index is 0.0397. The van der Waals surface area contributed by atoms with Gasteiger partial charge in [-0.3, -0.25) is 9.59 Å². The number of rotatable bonds is 6. The molecule has 1 heterocycles. The van der Waals surface area contributed by atoms with Crippen molar-refractivity contribution in [3.05, 3.63) is 71.3 Å². The van der Waals surface area contributed by atoms with Gasteiger partial charge in [0.15, 0.2) is 6.61 Å². The number of hydrazone groups is 1. The molecule has 2 aromatic rings. The zero-order valence-electron chi connectivity index (χ0n) is 16.0.